The molecule has 0 saturated heterocycles. The first kappa shape index (κ1) is 25.4. The van der Waals surface area contributed by atoms with E-state index < -0.39 is 21.4 Å². The van der Waals surface area contributed by atoms with Gasteiger partial charge in [0.1, 0.15) is 0 Å². The summed E-state index contributed by atoms with van der Waals surface area (Å²) < 4.78 is 59.9. The van der Waals surface area contributed by atoms with Gasteiger partial charge in [-0.25, -0.2) is 0 Å². The van der Waals surface area contributed by atoms with Crippen LogP contribution in [0.5, 0.6) is 0 Å². The maximum absolute atomic E-state index is 12.1. The lowest BCUT2D eigenvalue weighted by molar-refractivity contribution is -0.218. The lowest BCUT2D eigenvalue weighted by atomic mass is 10.1. The highest BCUT2D eigenvalue weighted by Crippen LogP contribution is 2.24. The van der Waals surface area contributed by atoms with Crippen LogP contribution in [0.4, 0.5) is 13.2 Å². The average molecular weight is 409 g/mol. The van der Waals surface area contributed by atoms with Crippen molar-refractivity contribution < 1.29 is 26.7 Å². The van der Waals surface area contributed by atoms with E-state index in [1.165, 1.54) is 0 Å². The minimum Gasteiger partial charge on any atom is -0.861 e. The molecule has 0 aliphatic carbocycles. The Kier molecular flexibility index (Phi) is 13.6. The fraction of sp³-hybridized carbons (Fsp3) is 0.632. The number of sulfonamides is 1. The van der Waals surface area contributed by atoms with Gasteiger partial charge in [0.15, 0.2) is 0 Å². The van der Waals surface area contributed by atoms with Gasteiger partial charge in [-0.05, 0) is 50.8 Å². The van der Waals surface area contributed by atoms with Crippen LogP contribution in [0.25, 0.3) is 0 Å². The van der Waals surface area contributed by atoms with Crippen LogP contribution < -0.4 is 5.11 Å². The molecule has 27 heavy (non-hydrogen) atoms. The van der Waals surface area contributed by atoms with Crippen LogP contribution in [0.1, 0.15) is 71.1 Å². The molecule has 0 spiro atoms. The van der Waals surface area contributed by atoms with E-state index >= 15 is 0 Å². The second-order valence-corrected chi connectivity index (χ2v) is 7.60. The predicted octanol–water partition coefficient (Wildman–Crippen LogP) is 5.18. The van der Waals surface area contributed by atoms with Gasteiger partial charge < -0.3 is 5.11 Å². The number of unbranched alkanes of at least 4 members (excludes halogenated alkanes) is 5. The second kappa shape index (κ2) is 14.5. The first-order chi connectivity index (χ1) is 12.7. The minimum absolute atomic E-state index is 0.283. The molecule has 156 valence electrons. The summed E-state index contributed by atoms with van der Waals surface area (Å²) in [6, 6.07) is 0. The van der Waals surface area contributed by atoms with Crippen molar-refractivity contribution in [1.82, 2.24) is 0 Å². The number of hydrogen-bond donors (Lipinski definition) is 0. The second-order valence-electron chi connectivity index (χ2n) is 6.01. The quantitative estimate of drug-likeness (QED) is 0.172. The lowest BCUT2D eigenvalue weighted by Gasteiger charge is -2.11. The summed E-state index contributed by atoms with van der Waals surface area (Å²) in [5.41, 5.74) is -5.52. The van der Waals surface area contributed by atoms with E-state index in [0.717, 1.165) is 44.9 Å². The molecule has 0 aliphatic rings. The molecule has 0 aromatic heterocycles. The Hall–Kier alpha value is -1.57. The highest BCUT2D eigenvalue weighted by Gasteiger charge is 2.45. The van der Waals surface area contributed by atoms with Gasteiger partial charge in [-0.15, -0.1) is 0 Å². The standard InChI is InChI=1S/C19H30F3NO3S/c1-2-3-4-5-6-7-8-9-10-11-12-13-14-15-16-17-18(24)23-27(25,26)19(20,21)22/h3-4,6-7,9-10H,2,5,8,11-17H2,1H3,(H,23,24)/p-1/b4-3-,7-6+,10-9+. The zero-order valence-electron chi connectivity index (χ0n) is 15.7. The number of allylic oxidation sites excluding steroid dienone is 6. The van der Waals surface area contributed by atoms with Crippen molar-refractivity contribution in [3.05, 3.63) is 36.5 Å². The van der Waals surface area contributed by atoms with Crippen LogP contribution in [0, 0.1) is 0 Å². The summed E-state index contributed by atoms with van der Waals surface area (Å²) in [5.74, 6) is -1.24. The van der Waals surface area contributed by atoms with Gasteiger partial charge >= 0.3 is 15.5 Å². The number of nitrogens with zero attached hydrogens (tertiary/aromatic N) is 1. The van der Waals surface area contributed by atoms with Crippen molar-refractivity contribution in [2.24, 2.45) is 4.40 Å². The van der Waals surface area contributed by atoms with Crippen molar-refractivity contribution in [2.45, 2.75) is 76.6 Å². The van der Waals surface area contributed by atoms with Crippen LogP contribution >= 0.6 is 0 Å². The first-order valence-electron chi connectivity index (χ1n) is 9.22. The molecule has 0 heterocycles. The zero-order valence-corrected chi connectivity index (χ0v) is 16.6. The van der Waals surface area contributed by atoms with E-state index in [9.17, 15) is 26.7 Å². The summed E-state index contributed by atoms with van der Waals surface area (Å²) in [6.07, 6.45) is 20.1. The molecule has 0 amide bonds. The van der Waals surface area contributed by atoms with E-state index in [1.807, 2.05) is 0 Å². The predicted molar refractivity (Wildman–Crippen MR) is 102 cm³/mol. The van der Waals surface area contributed by atoms with Crippen LogP contribution in [-0.4, -0.2) is 19.8 Å². The van der Waals surface area contributed by atoms with Gasteiger partial charge in [-0.1, -0.05) is 62.6 Å². The van der Waals surface area contributed by atoms with E-state index in [0.29, 0.717) is 12.8 Å². The summed E-state index contributed by atoms with van der Waals surface area (Å²) >= 11 is 0. The summed E-state index contributed by atoms with van der Waals surface area (Å²) in [5, 5.41) is 11.2. The van der Waals surface area contributed by atoms with E-state index in [2.05, 4.69) is 47.8 Å². The van der Waals surface area contributed by atoms with E-state index in [1.54, 1.807) is 0 Å². The molecule has 0 aromatic carbocycles. The number of hydrogen-bond acceptors (Lipinski definition) is 3. The van der Waals surface area contributed by atoms with Crippen molar-refractivity contribution in [1.29, 1.82) is 0 Å². The molecule has 0 bridgehead atoms. The maximum Gasteiger partial charge on any atom is 0.518 e. The van der Waals surface area contributed by atoms with Crippen LogP contribution in [0.3, 0.4) is 0 Å². The Bertz CT molecular complexity index is 606. The van der Waals surface area contributed by atoms with Crippen LogP contribution in [0.15, 0.2) is 40.9 Å². The monoisotopic (exact) mass is 408 g/mol. The minimum atomic E-state index is -5.71. The molecule has 0 radical (unpaired) electrons. The van der Waals surface area contributed by atoms with Crippen molar-refractivity contribution >= 4 is 15.9 Å². The Labute approximate surface area is 160 Å². The molecule has 0 aromatic rings. The third kappa shape index (κ3) is 14.2. The van der Waals surface area contributed by atoms with Gasteiger partial charge in [-0.3, -0.25) is 0 Å². The molecule has 0 saturated carbocycles. The first-order valence-corrected chi connectivity index (χ1v) is 10.7. The van der Waals surface area contributed by atoms with Crippen molar-refractivity contribution in [2.75, 3.05) is 0 Å². The fourth-order valence-electron chi connectivity index (χ4n) is 2.13. The molecule has 0 unspecified atom stereocenters. The fourth-order valence-corrected chi connectivity index (χ4v) is 2.59. The Balaban J connectivity index is 3.70. The van der Waals surface area contributed by atoms with E-state index in [4.69, 9.17) is 0 Å². The van der Waals surface area contributed by atoms with Crippen molar-refractivity contribution in [3.8, 4) is 0 Å². The molecule has 8 heteroatoms. The molecule has 0 aliphatic heterocycles. The molecule has 0 atom stereocenters. The highest BCUT2D eigenvalue weighted by molar-refractivity contribution is 7.91. The Morgan fingerprint density at radius 3 is 2.00 bits per heavy atom. The zero-order chi connectivity index (χ0) is 20.6. The number of halogens is 3. The third-order valence-electron chi connectivity index (χ3n) is 3.56. The van der Waals surface area contributed by atoms with E-state index in [-0.39, 0.29) is 6.42 Å². The summed E-state index contributed by atoms with van der Waals surface area (Å²) in [6.45, 7) is 2.10. The van der Waals surface area contributed by atoms with Gasteiger partial charge in [0.2, 0.25) is 0 Å². The van der Waals surface area contributed by atoms with Crippen LogP contribution in [0.2, 0.25) is 0 Å². The Morgan fingerprint density at radius 1 is 0.889 bits per heavy atom. The third-order valence-corrected chi connectivity index (χ3v) is 4.58. The summed E-state index contributed by atoms with van der Waals surface area (Å²) in [7, 11) is -5.71. The maximum atomic E-state index is 12.1. The molecular weight excluding hydrogens is 379 g/mol. The molecule has 0 N–H and O–H groups in total. The van der Waals surface area contributed by atoms with Gasteiger partial charge in [0, 0.05) is 0 Å². The highest BCUT2D eigenvalue weighted by atomic mass is 32.2. The van der Waals surface area contributed by atoms with Gasteiger partial charge in [-0.2, -0.15) is 26.0 Å². The van der Waals surface area contributed by atoms with Crippen LogP contribution in [-0.2, 0) is 10.0 Å². The topological polar surface area (TPSA) is 69.6 Å². The molecular formula is C19H29F3NO3S-. The largest absolute Gasteiger partial charge is 0.861 e. The number of alkyl halides is 3. The molecule has 4 nitrogen and oxygen atoms in total. The lowest BCUT2D eigenvalue weighted by Crippen LogP contribution is -2.26. The Morgan fingerprint density at radius 2 is 1.41 bits per heavy atom. The normalized spacial score (nSPS) is 14.1. The van der Waals surface area contributed by atoms with Gasteiger partial charge in [0.05, 0.1) is 0 Å². The molecule has 0 fully saturated rings. The van der Waals surface area contributed by atoms with Crippen molar-refractivity contribution in [3.63, 3.8) is 0 Å². The number of rotatable bonds is 14. The SMILES string of the molecule is CC/C=C\C/C=C/C/C=C/CCCCCCC/C([O-])=N/S(=O)(=O)C(F)(F)F. The smallest absolute Gasteiger partial charge is 0.518 e. The average Bonchev–Trinajstić information content (AvgIpc) is 2.57. The molecule has 0 rings (SSSR count). The summed E-state index contributed by atoms with van der Waals surface area (Å²) in [4.78, 5) is 0. The van der Waals surface area contributed by atoms with Gasteiger partial charge in [0.25, 0.3) is 0 Å².